The van der Waals surface area contributed by atoms with Crippen LogP contribution in [0.5, 0.6) is 5.75 Å². The Morgan fingerprint density at radius 1 is 0.917 bits per heavy atom. The van der Waals surface area contributed by atoms with E-state index in [0.29, 0.717) is 13.0 Å². The van der Waals surface area contributed by atoms with Crippen LogP contribution < -0.4 is 4.74 Å². The monoisotopic (exact) mass is 326 g/mol. The second-order valence-corrected chi connectivity index (χ2v) is 5.43. The van der Waals surface area contributed by atoms with Crippen LogP contribution in [0.25, 0.3) is 0 Å². The lowest BCUT2D eigenvalue weighted by atomic mass is 10.2. The van der Waals surface area contributed by atoms with Gasteiger partial charge < -0.3 is 9.47 Å². The highest BCUT2D eigenvalue weighted by molar-refractivity contribution is 6.33. The number of rotatable bonds is 9. The molecule has 24 heavy (non-hydrogen) atoms. The number of hydrogen-bond acceptors (Lipinski definition) is 4. The first kappa shape index (κ1) is 17.7. The van der Waals surface area contributed by atoms with Gasteiger partial charge in [-0.05, 0) is 36.1 Å². The van der Waals surface area contributed by atoms with Crippen molar-refractivity contribution in [3.63, 3.8) is 0 Å². The van der Waals surface area contributed by atoms with Gasteiger partial charge in [0.2, 0.25) is 5.78 Å². The van der Waals surface area contributed by atoms with Crippen LogP contribution in [0.4, 0.5) is 0 Å². The van der Waals surface area contributed by atoms with Gasteiger partial charge in [-0.3, -0.25) is 4.79 Å². The Balaban J connectivity index is 1.64. The van der Waals surface area contributed by atoms with Crippen LogP contribution in [0.3, 0.4) is 0 Å². The van der Waals surface area contributed by atoms with Crippen molar-refractivity contribution >= 4 is 11.8 Å². The van der Waals surface area contributed by atoms with E-state index >= 15 is 0 Å². The van der Waals surface area contributed by atoms with Crippen molar-refractivity contribution in [2.45, 2.75) is 32.8 Å². The number of carbonyl (C=O) groups is 2. The summed E-state index contributed by atoms with van der Waals surface area (Å²) in [5, 5.41) is 0. The van der Waals surface area contributed by atoms with Gasteiger partial charge in [0.25, 0.3) is 0 Å². The molecule has 0 aromatic heterocycles. The summed E-state index contributed by atoms with van der Waals surface area (Å²) in [6, 6.07) is 17.1. The summed E-state index contributed by atoms with van der Waals surface area (Å²) in [4.78, 5) is 23.4. The fraction of sp³-hybridized carbons (Fsp3) is 0.300. The summed E-state index contributed by atoms with van der Waals surface area (Å²) in [6.07, 6.45) is 1.59. The van der Waals surface area contributed by atoms with E-state index in [-0.39, 0.29) is 13.0 Å². The summed E-state index contributed by atoms with van der Waals surface area (Å²) in [5.74, 6) is -0.534. The molecule has 0 aliphatic heterocycles. The Labute approximate surface area is 142 Å². The fourth-order valence-corrected chi connectivity index (χ4v) is 2.15. The third-order valence-electron chi connectivity index (χ3n) is 3.59. The molecule has 0 saturated carbocycles. The Bertz CT molecular complexity index is 647. The van der Waals surface area contributed by atoms with Crippen molar-refractivity contribution in [1.82, 2.24) is 0 Å². The van der Waals surface area contributed by atoms with Gasteiger partial charge in [0.15, 0.2) is 0 Å². The van der Waals surface area contributed by atoms with Gasteiger partial charge in [-0.25, -0.2) is 4.79 Å². The molecule has 0 N–H and O–H groups in total. The molecule has 2 aromatic rings. The van der Waals surface area contributed by atoms with Crippen LogP contribution in [0.1, 0.15) is 30.9 Å². The number of esters is 1. The van der Waals surface area contributed by atoms with Crippen molar-refractivity contribution in [1.29, 1.82) is 0 Å². The maximum absolute atomic E-state index is 11.7. The first-order chi connectivity index (χ1) is 11.7. The van der Waals surface area contributed by atoms with Gasteiger partial charge in [0, 0.05) is 6.42 Å². The zero-order valence-corrected chi connectivity index (χ0v) is 13.9. The molecule has 0 aliphatic carbocycles. The number of benzene rings is 2. The second kappa shape index (κ2) is 9.50. The molecule has 126 valence electrons. The summed E-state index contributed by atoms with van der Waals surface area (Å²) in [7, 11) is 0. The molecule has 0 heterocycles. The van der Waals surface area contributed by atoms with Gasteiger partial charge in [0.05, 0.1) is 6.61 Å². The summed E-state index contributed by atoms with van der Waals surface area (Å²) < 4.78 is 10.6. The molecule has 2 rings (SSSR count). The predicted octanol–water partition coefficient (Wildman–Crippen LogP) is 3.72. The van der Waals surface area contributed by atoms with Crippen molar-refractivity contribution in [3.05, 3.63) is 65.7 Å². The quantitative estimate of drug-likeness (QED) is 0.400. The Hall–Kier alpha value is -2.62. The van der Waals surface area contributed by atoms with Crippen molar-refractivity contribution in [2.24, 2.45) is 0 Å². The molecule has 0 spiro atoms. The Morgan fingerprint density at radius 2 is 1.62 bits per heavy atom. The number of Topliss-reactive ketones (excluding diaryl/α,β-unsaturated/α-hetero) is 1. The highest BCUT2D eigenvalue weighted by Crippen LogP contribution is 2.13. The smallest absolute Gasteiger partial charge is 0.374 e. The van der Waals surface area contributed by atoms with Crippen LogP contribution >= 0.6 is 0 Å². The SMILES string of the molecule is CCc1ccc(OCCCC(=O)C(=O)OCc2ccccc2)cc1. The molecule has 0 atom stereocenters. The molecule has 0 bridgehead atoms. The number of carbonyl (C=O) groups excluding carboxylic acids is 2. The number of ketones is 1. The van der Waals surface area contributed by atoms with Crippen LogP contribution in [-0.2, 0) is 27.4 Å². The van der Waals surface area contributed by atoms with E-state index < -0.39 is 11.8 Å². The van der Waals surface area contributed by atoms with E-state index in [1.165, 1.54) is 5.56 Å². The first-order valence-electron chi connectivity index (χ1n) is 8.14. The molecule has 0 amide bonds. The zero-order chi connectivity index (χ0) is 17.2. The molecule has 2 aromatic carbocycles. The maximum atomic E-state index is 11.7. The Morgan fingerprint density at radius 3 is 2.29 bits per heavy atom. The van der Waals surface area contributed by atoms with E-state index in [1.54, 1.807) is 0 Å². The van der Waals surface area contributed by atoms with E-state index in [9.17, 15) is 9.59 Å². The lowest BCUT2D eigenvalue weighted by Gasteiger charge is -2.07. The first-order valence-corrected chi connectivity index (χ1v) is 8.14. The molecule has 0 radical (unpaired) electrons. The normalized spacial score (nSPS) is 10.2. The second-order valence-electron chi connectivity index (χ2n) is 5.43. The van der Waals surface area contributed by atoms with E-state index in [0.717, 1.165) is 17.7 Å². The highest BCUT2D eigenvalue weighted by atomic mass is 16.5. The van der Waals surface area contributed by atoms with Crippen molar-refractivity contribution in [2.75, 3.05) is 6.61 Å². The van der Waals surface area contributed by atoms with E-state index in [1.807, 2.05) is 54.6 Å². The van der Waals surface area contributed by atoms with Crippen LogP contribution in [0.2, 0.25) is 0 Å². The topological polar surface area (TPSA) is 52.6 Å². The minimum Gasteiger partial charge on any atom is -0.494 e. The largest absolute Gasteiger partial charge is 0.494 e. The molecule has 4 nitrogen and oxygen atoms in total. The maximum Gasteiger partial charge on any atom is 0.374 e. The van der Waals surface area contributed by atoms with Crippen molar-refractivity contribution < 1.29 is 19.1 Å². The zero-order valence-electron chi connectivity index (χ0n) is 13.9. The van der Waals surface area contributed by atoms with Crippen LogP contribution in [0.15, 0.2) is 54.6 Å². The Kier molecular flexibility index (Phi) is 7.02. The average Bonchev–Trinajstić information content (AvgIpc) is 2.64. The molecule has 4 heteroatoms. The van der Waals surface area contributed by atoms with Gasteiger partial charge in [-0.1, -0.05) is 49.4 Å². The van der Waals surface area contributed by atoms with Crippen molar-refractivity contribution in [3.8, 4) is 5.75 Å². The standard InChI is InChI=1S/C20H22O4/c1-2-16-10-12-18(13-11-16)23-14-6-9-19(21)20(22)24-15-17-7-4-3-5-8-17/h3-5,7-8,10-13H,2,6,9,14-15H2,1H3. The summed E-state index contributed by atoms with van der Waals surface area (Å²) in [6.45, 7) is 2.60. The predicted molar refractivity (Wildman–Crippen MR) is 91.8 cm³/mol. The van der Waals surface area contributed by atoms with E-state index in [4.69, 9.17) is 9.47 Å². The fourth-order valence-electron chi connectivity index (χ4n) is 2.15. The molecule has 0 fully saturated rings. The minimum atomic E-state index is -0.786. The lowest BCUT2D eigenvalue weighted by Crippen LogP contribution is -2.18. The third kappa shape index (κ3) is 5.88. The minimum absolute atomic E-state index is 0.117. The number of hydrogen-bond donors (Lipinski definition) is 0. The van der Waals surface area contributed by atoms with Gasteiger partial charge in [-0.2, -0.15) is 0 Å². The average molecular weight is 326 g/mol. The summed E-state index contributed by atoms with van der Waals surface area (Å²) in [5.41, 5.74) is 2.11. The number of ether oxygens (including phenoxy) is 2. The lowest BCUT2D eigenvalue weighted by molar-refractivity contribution is -0.154. The van der Waals surface area contributed by atoms with Crippen LogP contribution in [0, 0.1) is 0 Å². The highest BCUT2D eigenvalue weighted by Gasteiger charge is 2.15. The molecule has 0 unspecified atom stereocenters. The third-order valence-corrected chi connectivity index (χ3v) is 3.59. The summed E-state index contributed by atoms with van der Waals surface area (Å²) >= 11 is 0. The van der Waals surface area contributed by atoms with Gasteiger partial charge >= 0.3 is 5.97 Å². The van der Waals surface area contributed by atoms with Gasteiger partial charge in [0.1, 0.15) is 12.4 Å². The molecule has 0 saturated heterocycles. The van der Waals surface area contributed by atoms with Crippen LogP contribution in [-0.4, -0.2) is 18.4 Å². The molecular formula is C20H22O4. The van der Waals surface area contributed by atoms with E-state index in [2.05, 4.69) is 6.92 Å². The molecule has 0 aliphatic rings. The van der Waals surface area contributed by atoms with Gasteiger partial charge in [-0.15, -0.1) is 0 Å². The number of aryl methyl sites for hydroxylation is 1. The molecular weight excluding hydrogens is 304 g/mol.